The summed E-state index contributed by atoms with van der Waals surface area (Å²) >= 11 is 0. The Hall–Kier alpha value is -1.46. The molecule has 0 radical (unpaired) electrons. The first-order valence-corrected chi connectivity index (χ1v) is 5.90. The van der Waals surface area contributed by atoms with Crippen LogP contribution in [0, 0.1) is 13.8 Å². The van der Waals surface area contributed by atoms with Crippen LogP contribution >= 0.6 is 0 Å². The van der Waals surface area contributed by atoms with Crippen LogP contribution in [0.4, 0.5) is 0 Å². The van der Waals surface area contributed by atoms with E-state index in [0.29, 0.717) is 18.7 Å². The molecule has 0 aliphatic carbocycles. The number of hydrogen-bond acceptors (Lipinski definition) is 4. The van der Waals surface area contributed by atoms with Crippen LogP contribution in [0.3, 0.4) is 0 Å². The van der Waals surface area contributed by atoms with Crippen molar-refractivity contribution in [2.75, 3.05) is 27.3 Å². The van der Waals surface area contributed by atoms with Gasteiger partial charge < -0.3 is 15.4 Å². The maximum atomic E-state index is 12.2. The summed E-state index contributed by atoms with van der Waals surface area (Å²) < 4.78 is 4.95. The number of carbonyl (C=O) groups is 1. The predicted octanol–water partition coefficient (Wildman–Crippen LogP) is 0.744. The van der Waals surface area contributed by atoms with Crippen LogP contribution in [0.15, 0.2) is 12.1 Å². The second-order valence-corrected chi connectivity index (χ2v) is 4.49. The molecule has 1 rings (SSSR count). The molecule has 0 saturated heterocycles. The Kier molecular flexibility index (Phi) is 5.25. The SMILES string of the molecule is COCC(N)CN(C)C(=O)c1ccc(C)nc1C. The summed E-state index contributed by atoms with van der Waals surface area (Å²) in [4.78, 5) is 18.1. The minimum Gasteiger partial charge on any atom is -0.383 e. The molecule has 1 atom stereocenters. The van der Waals surface area contributed by atoms with E-state index in [2.05, 4.69) is 4.98 Å². The lowest BCUT2D eigenvalue weighted by atomic mass is 10.1. The minimum absolute atomic E-state index is 0.0634. The number of nitrogens with two attached hydrogens (primary N) is 1. The summed E-state index contributed by atoms with van der Waals surface area (Å²) in [6.07, 6.45) is 0. The third-order valence-corrected chi connectivity index (χ3v) is 2.69. The highest BCUT2D eigenvalue weighted by atomic mass is 16.5. The van der Waals surface area contributed by atoms with Crippen molar-refractivity contribution in [3.05, 3.63) is 29.1 Å². The highest BCUT2D eigenvalue weighted by Gasteiger charge is 2.17. The fraction of sp³-hybridized carbons (Fsp3) is 0.538. The number of ether oxygens (including phenoxy) is 1. The van der Waals surface area contributed by atoms with Crippen LogP contribution in [-0.2, 0) is 4.74 Å². The topological polar surface area (TPSA) is 68.5 Å². The minimum atomic E-state index is -0.178. The van der Waals surface area contributed by atoms with E-state index in [1.807, 2.05) is 19.9 Å². The Balaban J connectivity index is 2.74. The highest BCUT2D eigenvalue weighted by Crippen LogP contribution is 2.09. The van der Waals surface area contributed by atoms with Crippen LogP contribution in [0.2, 0.25) is 0 Å². The van der Waals surface area contributed by atoms with E-state index in [0.717, 1.165) is 11.4 Å². The molecule has 18 heavy (non-hydrogen) atoms. The number of hydrogen-bond donors (Lipinski definition) is 1. The monoisotopic (exact) mass is 251 g/mol. The Bertz CT molecular complexity index is 421. The van der Waals surface area contributed by atoms with Crippen molar-refractivity contribution in [1.29, 1.82) is 0 Å². The summed E-state index contributed by atoms with van der Waals surface area (Å²) in [7, 11) is 3.33. The van der Waals surface area contributed by atoms with E-state index in [9.17, 15) is 4.79 Å². The van der Waals surface area contributed by atoms with Gasteiger partial charge in [0, 0.05) is 32.4 Å². The van der Waals surface area contributed by atoms with E-state index in [-0.39, 0.29) is 11.9 Å². The molecular weight excluding hydrogens is 230 g/mol. The maximum Gasteiger partial charge on any atom is 0.255 e. The standard InChI is InChI=1S/C13H21N3O2/c1-9-5-6-12(10(2)15-9)13(17)16(3)7-11(14)8-18-4/h5-6,11H,7-8,14H2,1-4H3. The van der Waals surface area contributed by atoms with Crippen molar-refractivity contribution in [2.24, 2.45) is 5.73 Å². The molecule has 100 valence electrons. The smallest absolute Gasteiger partial charge is 0.255 e. The molecule has 0 bridgehead atoms. The van der Waals surface area contributed by atoms with Gasteiger partial charge in [-0.1, -0.05) is 0 Å². The molecule has 0 fully saturated rings. The van der Waals surface area contributed by atoms with Gasteiger partial charge in [-0.05, 0) is 26.0 Å². The Morgan fingerprint density at radius 3 is 2.72 bits per heavy atom. The molecule has 2 N–H and O–H groups in total. The first-order valence-electron chi connectivity index (χ1n) is 5.90. The molecule has 0 aliphatic rings. The van der Waals surface area contributed by atoms with Gasteiger partial charge in [0.1, 0.15) is 0 Å². The number of nitrogens with zero attached hydrogens (tertiary/aromatic N) is 2. The zero-order chi connectivity index (χ0) is 13.7. The van der Waals surface area contributed by atoms with Gasteiger partial charge in [-0.2, -0.15) is 0 Å². The Morgan fingerprint density at radius 1 is 1.50 bits per heavy atom. The number of aromatic nitrogens is 1. The van der Waals surface area contributed by atoms with Gasteiger partial charge in [0.05, 0.1) is 17.9 Å². The van der Waals surface area contributed by atoms with Crippen LogP contribution in [-0.4, -0.2) is 49.1 Å². The maximum absolute atomic E-state index is 12.2. The van der Waals surface area contributed by atoms with E-state index >= 15 is 0 Å². The van der Waals surface area contributed by atoms with E-state index < -0.39 is 0 Å². The third kappa shape index (κ3) is 3.78. The molecule has 0 aliphatic heterocycles. The number of likely N-dealkylation sites (N-methyl/N-ethyl adjacent to an activating group) is 1. The fourth-order valence-electron chi connectivity index (χ4n) is 1.82. The number of carbonyl (C=O) groups excluding carboxylic acids is 1. The average molecular weight is 251 g/mol. The van der Waals surface area contributed by atoms with Gasteiger partial charge in [-0.15, -0.1) is 0 Å². The predicted molar refractivity (Wildman–Crippen MR) is 70.5 cm³/mol. The van der Waals surface area contributed by atoms with E-state index in [1.54, 1.807) is 25.1 Å². The van der Waals surface area contributed by atoms with Gasteiger partial charge in [0.25, 0.3) is 5.91 Å². The van der Waals surface area contributed by atoms with Crippen LogP contribution in [0.5, 0.6) is 0 Å². The number of aryl methyl sites for hydroxylation is 2. The van der Waals surface area contributed by atoms with Gasteiger partial charge >= 0.3 is 0 Å². The first kappa shape index (κ1) is 14.6. The second kappa shape index (κ2) is 6.47. The molecule has 5 heteroatoms. The molecule has 1 aromatic heterocycles. The molecule has 5 nitrogen and oxygen atoms in total. The molecule has 1 unspecified atom stereocenters. The number of pyridine rings is 1. The molecule has 0 spiro atoms. The van der Waals surface area contributed by atoms with Crippen molar-refractivity contribution >= 4 is 5.91 Å². The molecule has 0 saturated carbocycles. The van der Waals surface area contributed by atoms with Gasteiger partial charge in [-0.3, -0.25) is 9.78 Å². The van der Waals surface area contributed by atoms with Gasteiger partial charge in [0.2, 0.25) is 0 Å². The van der Waals surface area contributed by atoms with Crippen molar-refractivity contribution in [1.82, 2.24) is 9.88 Å². The molecular formula is C13H21N3O2. The molecule has 1 amide bonds. The Labute approximate surface area is 108 Å². The lowest BCUT2D eigenvalue weighted by Gasteiger charge is -2.21. The van der Waals surface area contributed by atoms with E-state index in [1.165, 1.54) is 0 Å². The van der Waals surface area contributed by atoms with Crippen LogP contribution in [0.1, 0.15) is 21.7 Å². The number of amides is 1. The summed E-state index contributed by atoms with van der Waals surface area (Å²) in [5.74, 6) is -0.0634. The van der Waals surface area contributed by atoms with Gasteiger partial charge in [-0.25, -0.2) is 0 Å². The lowest BCUT2D eigenvalue weighted by Crippen LogP contribution is -2.41. The molecule has 0 aromatic carbocycles. The highest BCUT2D eigenvalue weighted by molar-refractivity contribution is 5.95. The van der Waals surface area contributed by atoms with Crippen LogP contribution in [0.25, 0.3) is 0 Å². The normalized spacial score (nSPS) is 12.3. The zero-order valence-electron chi connectivity index (χ0n) is 11.4. The zero-order valence-corrected chi connectivity index (χ0v) is 11.4. The van der Waals surface area contributed by atoms with Crippen LogP contribution < -0.4 is 5.73 Å². The molecule has 1 heterocycles. The summed E-state index contributed by atoms with van der Waals surface area (Å²) in [6, 6.07) is 3.46. The second-order valence-electron chi connectivity index (χ2n) is 4.49. The summed E-state index contributed by atoms with van der Waals surface area (Å²) in [6.45, 7) is 4.63. The van der Waals surface area contributed by atoms with Crippen molar-refractivity contribution < 1.29 is 9.53 Å². The summed E-state index contributed by atoms with van der Waals surface area (Å²) in [5.41, 5.74) is 8.10. The summed E-state index contributed by atoms with van der Waals surface area (Å²) in [5, 5.41) is 0. The number of rotatable bonds is 5. The first-order chi connectivity index (χ1) is 8.45. The lowest BCUT2D eigenvalue weighted by molar-refractivity contribution is 0.0763. The van der Waals surface area contributed by atoms with Gasteiger partial charge in [0.15, 0.2) is 0 Å². The van der Waals surface area contributed by atoms with Crippen molar-refractivity contribution in [3.8, 4) is 0 Å². The van der Waals surface area contributed by atoms with Crippen molar-refractivity contribution in [3.63, 3.8) is 0 Å². The Morgan fingerprint density at radius 2 is 2.17 bits per heavy atom. The largest absolute Gasteiger partial charge is 0.383 e. The number of methoxy groups -OCH3 is 1. The third-order valence-electron chi connectivity index (χ3n) is 2.69. The molecule has 1 aromatic rings. The van der Waals surface area contributed by atoms with E-state index in [4.69, 9.17) is 10.5 Å². The average Bonchev–Trinajstić information content (AvgIpc) is 2.28. The van der Waals surface area contributed by atoms with Crippen molar-refractivity contribution in [2.45, 2.75) is 19.9 Å². The fourth-order valence-corrected chi connectivity index (χ4v) is 1.82. The quantitative estimate of drug-likeness (QED) is 0.838.